The number of halogens is 1. The average molecular weight is 352 g/mol. The number of nitrogens with one attached hydrogen (secondary N) is 1. The van der Waals surface area contributed by atoms with Crippen molar-refractivity contribution < 1.29 is 4.79 Å². The first-order valence-corrected chi connectivity index (χ1v) is 7.73. The number of nitrogens with zero attached hydrogens (tertiary/aromatic N) is 1. The fourth-order valence-electron chi connectivity index (χ4n) is 1.52. The fourth-order valence-corrected chi connectivity index (χ4v) is 2.54. The standard InChI is InChI=1S/C14H14BrN3OS/c1-9-6-11(3-4-12(9)16)20-8-14(19)18-13-5-2-10(15)7-17-13/h2-7H,8,16H2,1H3,(H,17,18,19). The normalized spacial score (nSPS) is 10.3. The molecule has 1 aromatic carbocycles. The highest BCUT2D eigenvalue weighted by Crippen LogP contribution is 2.22. The Morgan fingerprint density at radius 3 is 2.85 bits per heavy atom. The number of carbonyl (C=O) groups is 1. The van der Waals surface area contributed by atoms with Crippen molar-refractivity contribution in [2.24, 2.45) is 0 Å². The predicted octanol–water partition coefficient (Wildman–Crippen LogP) is 3.47. The van der Waals surface area contributed by atoms with Crippen LogP contribution in [0.15, 0.2) is 45.9 Å². The number of hydrogen-bond acceptors (Lipinski definition) is 4. The molecule has 0 fully saturated rings. The zero-order valence-electron chi connectivity index (χ0n) is 10.9. The second-order valence-electron chi connectivity index (χ2n) is 4.22. The molecule has 0 aliphatic carbocycles. The highest BCUT2D eigenvalue weighted by molar-refractivity contribution is 9.10. The molecule has 20 heavy (non-hydrogen) atoms. The molecule has 0 saturated heterocycles. The van der Waals surface area contributed by atoms with Gasteiger partial charge in [-0.3, -0.25) is 4.79 Å². The highest BCUT2D eigenvalue weighted by atomic mass is 79.9. The van der Waals surface area contributed by atoms with Gasteiger partial charge in [0.1, 0.15) is 5.82 Å². The van der Waals surface area contributed by atoms with E-state index in [1.165, 1.54) is 11.8 Å². The quantitative estimate of drug-likeness (QED) is 0.653. The molecule has 2 aromatic rings. The summed E-state index contributed by atoms with van der Waals surface area (Å²) in [7, 11) is 0. The Bertz CT molecular complexity index is 616. The number of amides is 1. The number of thioether (sulfide) groups is 1. The molecule has 0 aliphatic heterocycles. The minimum atomic E-state index is -0.0840. The Morgan fingerprint density at radius 1 is 1.40 bits per heavy atom. The summed E-state index contributed by atoms with van der Waals surface area (Å²) < 4.78 is 0.877. The third-order valence-electron chi connectivity index (χ3n) is 2.61. The zero-order valence-corrected chi connectivity index (χ0v) is 13.3. The lowest BCUT2D eigenvalue weighted by Gasteiger charge is -2.06. The lowest BCUT2D eigenvalue weighted by Crippen LogP contribution is -2.14. The van der Waals surface area contributed by atoms with Gasteiger partial charge in [0.2, 0.25) is 5.91 Å². The number of benzene rings is 1. The number of hydrogen-bond donors (Lipinski definition) is 2. The molecule has 1 amide bonds. The molecule has 3 N–H and O–H groups in total. The molecule has 1 aromatic heterocycles. The minimum absolute atomic E-state index is 0.0840. The lowest BCUT2D eigenvalue weighted by molar-refractivity contribution is -0.113. The maximum absolute atomic E-state index is 11.8. The summed E-state index contributed by atoms with van der Waals surface area (Å²) in [4.78, 5) is 16.9. The van der Waals surface area contributed by atoms with Crippen LogP contribution in [-0.2, 0) is 4.79 Å². The molecule has 0 radical (unpaired) electrons. The van der Waals surface area contributed by atoms with Gasteiger partial charge in [0.15, 0.2) is 0 Å². The molecule has 0 unspecified atom stereocenters. The molecule has 6 heteroatoms. The van der Waals surface area contributed by atoms with Crippen LogP contribution < -0.4 is 11.1 Å². The Hall–Kier alpha value is -1.53. The zero-order chi connectivity index (χ0) is 14.5. The molecule has 0 bridgehead atoms. The van der Waals surface area contributed by atoms with Crippen molar-refractivity contribution in [3.63, 3.8) is 0 Å². The van der Waals surface area contributed by atoms with Crippen LogP contribution in [0.5, 0.6) is 0 Å². The summed E-state index contributed by atoms with van der Waals surface area (Å²) in [6.07, 6.45) is 1.64. The van der Waals surface area contributed by atoms with E-state index in [2.05, 4.69) is 26.2 Å². The average Bonchev–Trinajstić information content (AvgIpc) is 2.43. The van der Waals surface area contributed by atoms with Gasteiger partial charge in [-0.05, 0) is 58.7 Å². The van der Waals surface area contributed by atoms with Gasteiger partial charge >= 0.3 is 0 Å². The number of rotatable bonds is 4. The summed E-state index contributed by atoms with van der Waals surface area (Å²) >= 11 is 4.77. The van der Waals surface area contributed by atoms with E-state index in [9.17, 15) is 4.79 Å². The number of nitrogens with two attached hydrogens (primary N) is 1. The number of aryl methyl sites for hydroxylation is 1. The van der Waals surface area contributed by atoms with Gasteiger partial charge in [-0.25, -0.2) is 4.98 Å². The number of carbonyl (C=O) groups excluding carboxylic acids is 1. The van der Waals surface area contributed by atoms with E-state index in [1.54, 1.807) is 12.3 Å². The molecule has 0 atom stereocenters. The first-order valence-electron chi connectivity index (χ1n) is 5.95. The van der Waals surface area contributed by atoms with Crippen molar-refractivity contribution in [2.75, 3.05) is 16.8 Å². The second-order valence-corrected chi connectivity index (χ2v) is 6.18. The van der Waals surface area contributed by atoms with Crippen molar-refractivity contribution in [1.82, 2.24) is 4.98 Å². The number of aromatic nitrogens is 1. The van der Waals surface area contributed by atoms with Crippen molar-refractivity contribution in [3.8, 4) is 0 Å². The molecule has 4 nitrogen and oxygen atoms in total. The van der Waals surface area contributed by atoms with Crippen molar-refractivity contribution in [1.29, 1.82) is 0 Å². The van der Waals surface area contributed by atoms with Crippen LogP contribution in [0.3, 0.4) is 0 Å². The van der Waals surface area contributed by atoms with Crippen LogP contribution in [0.2, 0.25) is 0 Å². The number of anilines is 2. The van der Waals surface area contributed by atoms with Gasteiger partial charge in [-0.2, -0.15) is 0 Å². The summed E-state index contributed by atoms with van der Waals surface area (Å²) in [5, 5.41) is 2.75. The monoisotopic (exact) mass is 351 g/mol. The van der Waals surface area contributed by atoms with E-state index in [0.717, 1.165) is 20.6 Å². The fraction of sp³-hybridized carbons (Fsp3) is 0.143. The summed E-state index contributed by atoms with van der Waals surface area (Å²) in [6, 6.07) is 9.33. The van der Waals surface area contributed by atoms with Crippen LogP contribution >= 0.6 is 27.7 Å². The molecule has 104 valence electrons. The number of pyridine rings is 1. The van der Waals surface area contributed by atoms with E-state index in [-0.39, 0.29) is 5.91 Å². The van der Waals surface area contributed by atoms with Crippen LogP contribution in [0.25, 0.3) is 0 Å². The molecular weight excluding hydrogens is 338 g/mol. The smallest absolute Gasteiger partial charge is 0.235 e. The molecular formula is C14H14BrN3OS. The second kappa shape index (κ2) is 6.76. The third kappa shape index (κ3) is 4.25. The van der Waals surface area contributed by atoms with Crippen molar-refractivity contribution >= 4 is 45.1 Å². The van der Waals surface area contributed by atoms with Crippen molar-refractivity contribution in [2.45, 2.75) is 11.8 Å². The van der Waals surface area contributed by atoms with Crippen LogP contribution in [0.4, 0.5) is 11.5 Å². The largest absolute Gasteiger partial charge is 0.399 e. The van der Waals surface area contributed by atoms with Crippen LogP contribution in [0, 0.1) is 6.92 Å². The maximum Gasteiger partial charge on any atom is 0.235 e. The highest BCUT2D eigenvalue weighted by Gasteiger charge is 2.05. The Morgan fingerprint density at radius 2 is 2.20 bits per heavy atom. The lowest BCUT2D eigenvalue weighted by atomic mass is 10.2. The SMILES string of the molecule is Cc1cc(SCC(=O)Nc2ccc(Br)cn2)ccc1N. The van der Waals surface area contributed by atoms with E-state index in [0.29, 0.717) is 11.6 Å². The van der Waals surface area contributed by atoms with Gasteiger partial charge < -0.3 is 11.1 Å². The summed E-state index contributed by atoms with van der Waals surface area (Å²) in [6.45, 7) is 1.95. The van der Waals surface area contributed by atoms with E-state index >= 15 is 0 Å². The van der Waals surface area contributed by atoms with Gasteiger partial charge in [0.25, 0.3) is 0 Å². The molecule has 0 aliphatic rings. The van der Waals surface area contributed by atoms with Gasteiger partial charge in [-0.1, -0.05) is 0 Å². The minimum Gasteiger partial charge on any atom is -0.399 e. The van der Waals surface area contributed by atoms with Crippen LogP contribution in [-0.4, -0.2) is 16.6 Å². The van der Waals surface area contributed by atoms with E-state index in [1.807, 2.05) is 31.2 Å². The van der Waals surface area contributed by atoms with E-state index < -0.39 is 0 Å². The Balaban J connectivity index is 1.88. The molecule has 2 rings (SSSR count). The molecule has 1 heterocycles. The predicted molar refractivity (Wildman–Crippen MR) is 86.9 cm³/mol. The summed E-state index contributed by atoms with van der Waals surface area (Å²) in [5.41, 5.74) is 7.54. The first kappa shape index (κ1) is 14.9. The van der Waals surface area contributed by atoms with Crippen molar-refractivity contribution in [3.05, 3.63) is 46.6 Å². The third-order valence-corrected chi connectivity index (χ3v) is 4.07. The Kier molecular flexibility index (Phi) is 5.03. The Labute approximate surface area is 130 Å². The van der Waals surface area contributed by atoms with Gasteiger partial charge in [0.05, 0.1) is 5.75 Å². The molecule has 0 spiro atoms. The number of nitrogen functional groups attached to an aromatic ring is 1. The van der Waals surface area contributed by atoms with Gasteiger partial charge in [-0.15, -0.1) is 11.8 Å². The van der Waals surface area contributed by atoms with E-state index in [4.69, 9.17) is 5.73 Å². The maximum atomic E-state index is 11.8. The first-order chi connectivity index (χ1) is 9.54. The van der Waals surface area contributed by atoms with Gasteiger partial charge in [0, 0.05) is 21.3 Å². The topological polar surface area (TPSA) is 68.0 Å². The molecule has 0 saturated carbocycles. The van der Waals surface area contributed by atoms with Crippen LogP contribution in [0.1, 0.15) is 5.56 Å². The summed E-state index contributed by atoms with van der Waals surface area (Å²) in [5.74, 6) is 0.799.